The van der Waals surface area contributed by atoms with Crippen molar-refractivity contribution in [1.29, 1.82) is 0 Å². The van der Waals surface area contributed by atoms with Crippen LogP contribution in [0.3, 0.4) is 0 Å². The molecule has 28 heavy (non-hydrogen) atoms. The highest BCUT2D eigenvalue weighted by Gasteiger charge is 2.13. The zero-order valence-electron chi connectivity index (χ0n) is 15.1. The summed E-state index contributed by atoms with van der Waals surface area (Å²) >= 11 is 0. The van der Waals surface area contributed by atoms with Gasteiger partial charge in [-0.15, -0.1) is 0 Å². The molecule has 3 heterocycles. The maximum atomic E-state index is 12.7. The van der Waals surface area contributed by atoms with E-state index in [1.54, 1.807) is 35.4 Å². The van der Waals surface area contributed by atoms with Gasteiger partial charge in [-0.1, -0.05) is 30.3 Å². The van der Waals surface area contributed by atoms with E-state index >= 15 is 0 Å². The normalized spacial score (nSPS) is 10.5. The van der Waals surface area contributed by atoms with Gasteiger partial charge in [0.2, 0.25) is 5.95 Å². The van der Waals surface area contributed by atoms with E-state index in [1.807, 2.05) is 43.4 Å². The number of aromatic nitrogens is 5. The molecular weight excluding hydrogens is 354 g/mol. The maximum Gasteiger partial charge on any atom is 0.274 e. The van der Waals surface area contributed by atoms with Gasteiger partial charge in [0, 0.05) is 37.3 Å². The van der Waals surface area contributed by atoms with Gasteiger partial charge in [-0.3, -0.25) is 14.5 Å². The van der Waals surface area contributed by atoms with Gasteiger partial charge < -0.3 is 10.6 Å². The molecular formula is C20H17N7O. The molecule has 0 atom stereocenters. The lowest BCUT2D eigenvalue weighted by molar-refractivity contribution is 0.102. The van der Waals surface area contributed by atoms with Crippen molar-refractivity contribution in [3.8, 4) is 11.1 Å². The highest BCUT2D eigenvalue weighted by molar-refractivity contribution is 6.05. The number of hydrogen-bond acceptors (Lipinski definition) is 6. The first kappa shape index (κ1) is 17.3. The molecule has 0 saturated carbocycles. The predicted molar refractivity (Wildman–Crippen MR) is 106 cm³/mol. The number of pyridine rings is 1. The Morgan fingerprint density at radius 1 is 1.04 bits per heavy atom. The van der Waals surface area contributed by atoms with Crippen LogP contribution < -0.4 is 10.6 Å². The number of nitrogens with zero attached hydrogens (tertiary/aromatic N) is 5. The molecule has 1 amide bonds. The van der Waals surface area contributed by atoms with Crippen molar-refractivity contribution < 1.29 is 4.79 Å². The molecule has 0 aliphatic heterocycles. The summed E-state index contributed by atoms with van der Waals surface area (Å²) in [5, 5.41) is 10.1. The molecule has 138 valence electrons. The standard InChI is InChI=1S/C20H17N7O/c1-27-12-9-18(26-27)25-20-22-11-8-16(24-20)19(28)23-17-13-21-10-7-15(17)14-5-3-2-4-6-14/h2-13H,1H3,(H,23,28)(H,22,24,25,26). The molecule has 0 bridgehead atoms. The highest BCUT2D eigenvalue weighted by Crippen LogP contribution is 2.27. The lowest BCUT2D eigenvalue weighted by Crippen LogP contribution is -2.15. The number of nitrogens with one attached hydrogen (secondary N) is 2. The molecule has 0 saturated heterocycles. The monoisotopic (exact) mass is 371 g/mol. The van der Waals surface area contributed by atoms with E-state index in [2.05, 4.69) is 30.7 Å². The molecule has 3 aromatic heterocycles. The molecule has 4 rings (SSSR count). The first-order valence-corrected chi connectivity index (χ1v) is 8.59. The van der Waals surface area contributed by atoms with Crippen molar-refractivity contribution in [2.75, 3.05) is 10.6 Å². The molecule has 8 nitrogen and oxygen atoms in total. The smallest absolute Gasteiger partial charge is 0.274 e. The maximum absolute atomic E-state index is 12.7. The highest BCUT2D eigenvalue weighted by atomic mass is 16.1. The van der Waals surface area contributed by atoms with Gasteiger partial charge in [-0.05, 0) is 17.7 Å². The topological polar surface area (TPSA) is 97.6 Å². The van der Waals surface area contributed by atoms with E-state index in [-0.39, 0.29) is 11.6 Å². The van der Waals surface area contributed by atoms with Crippen LogP contribution in [0.5, 0.6) is 0 Å². The SMILES string of the molecule is Cn1ccc(Nc2nccc(C(=O)Nc3cnccc3-c3ccccc3)n2)n1. The van der Waals surface area contributed by atoms with E-state index < -0.39 is 0 Å². The number of anilines is 3. The fourth-order valence-corrected chi connectivity index (χ4v) is 2.69. The van der Waals surface area contributed by atoms with E-state index in [9.17, 15) is 4.79 Å². The Labute approximate surface area is 161 Å². The molecule has 2 N–H and O–H groups in total. The summed E-state index contributed by atoms with van der Waals surface area (Å²) < 4.78 is 1.66. The number of rotatable bonds is 5. The number of carbonyl (C=O) groups is 1. The summed E-state index contributed by atoms with van der Waals surface area (Å²) in [6, 6.07) is 15.0. The largest absolute Gasteiger partial charge is 0.319 e. The zero-order chi connectivity index (χ0) is 19.3. The first-order valence-electron chi connectivity index (χ1n) is 8.59. The molecule has 0 aliphatic carbocycles. The van der Waals surface area contributed by atoms with Crippen LogP contribution in [-0.2, 0) is 7.05 Å². The number of aryl methyl sites for hydroxylation is 1. The Morgan fingerprint density at radius 2 is 1.89 bits per heavy atom. The predicted octanol–water partition coefficient (Wildman–Crippen LogP) is 3.27. The minimum Gasteiger partial charge on any atom is -0.319 e. The first-order chi connectivity index (χ1) is 13.7. The summed E-state index contributed by atoms with van der Waals surface area (Å²) in [5.41, 5.74) is 2.71. The van der Waals surface area contributed by atoms with Crippen molar-refractivity contribution >= 4 is 23.4 Å². The Kier molecular flexibility index (Phi) is 4.75. The van der Waals surface area contributed by atoms with Crippen LogP contribution in [0.25, 0.3) is 11.1 Å². The summed E-state index contributed by atoms with van der Waals surface area (Å²) in [5.74, 6) is 0.538. The number of hydrogen-bond donors (Lipinski definition) is 2. The molecule has 0 unspecified atom stereocenters. The summed E-state index contributed by atoms with van der Waals surface area (Å²) in [6.45, 7) is 0. The van der Waals surface area contributed by atoms with Crippen LogP contribution in [0.15, 0.2) is 73.3 Å². The lowest BCUT2D eigenvalue weighted by atomic mass is 10.1. The Balaban J connectivity index is 1.56. The second-order valence-corrected chi connectivity index (χ2v) is 6.01. The van der Waals surface area contributed by atoms with Crippen LogP contribution in [0, 0.1) is 0 Å². The summed E-state index contributed by atoms with van der Waals surface area (Å²) in [7, 11) is 1.81. The van der Waals surface area contributed by atoms with E-state index in [1.165, 1.54) is 6.20 Å². The minimum atomic E-state index is -0.350. The minimum absolute atomic E-state index is 0.233. The molecule has 0 spiro atoms. The van der Waals surface area contributed by atoms with Crippen LogP contribution in [0.1, 0.15) is 10.5 Å². The summed E-state index contributed by atoms with van der Waals surface area (Å²) in [6.07, 6.45) is 6.63. The van der Waals surface area contributed by atoms with Gasteiger partial charge in [-0.2, -0.15) is 5.10 Å². The zero-order valence-corrected chi connectivity index (χ0v) is 15.1. The number of benzene rings is 1. The van der Waals surface area contributed by atoms with Crippen LogP contribution in [0.2, 0.25) is 0 Å². The Bertz CT molecular complexity index is 1110. The van der Waals surface area contributed by atoms with Crippen molar-refractivity contribution in [3.63, 3.8) is 0 Å². The molecule has 0 aliphatic rings. The van der Waals surface area contributed by atoms with Crippen molar-refractivity contribution in [2.24, 2.45) is 7.05 Å². The van der Waals surface area contributed by atoms with Crippen molar-refractivity contribution in [3.05, 3.63) is 79.0 Å². The molecule has 4 aromatic rings. The van der Waals surface area contributed by atoms with E-state index in [0.29, 0.717) is 17.5 Å². The van der Waals surface area contributed by atoms with Gasteiger partial charge in [0.05, 0.1) is 11.9 Å². The second kappa shape index (κ2) is 7.67. The average molecular weight is 371 g/mol. The average Bonchev–Trinajstić information content (AvgIpc) is 3.14. The lowest BCUT2D eigenvalue weighted by Gasteiger charge is -2.11. The third-order valence-electron chi connectivity index (χ3n) is 4.00. The quantitative estimate of drug-likeness (QED) is 0.559. The van der Waals surface area contributed by atoms with Gasteiger partial charge >= 0.3 is 0 Å². The molecule has 0 radical (unpaired) electrons. The number of amides is 1. The third-order valence-corrected chi connectivity index (χ3v) is 4.00. The summed E-state index contributed by atoms with van der Waals surface area (Å²) in [4.78, 5) is 25.3. The van der Waals surface area contributed by atoms with E-state index in [4.69, 9.17) is 0 Å². The molecule has 8 heteroatoms. The van der Waals surface area contributed by atoms with Crippen molar-refractivity contribution in [1.82, 2.24) is 24.7 Å². The van der Waals surface area contributed by atoms with Crippen LogP contribution in [-0.4, -0.2) is 30.6 Å². The molecule has 0 fully saturated rings. The number of carbonyl (C=O) groups excluding carboxylic acids is 1. The third kappa shape index (κ3) is 3.85. The Morgan fingerprint density at radius 3 is 2.68 bits per heavy atom. The van der Waals surface area contributed by atoms with Gasteiger partial charge in [0.1, 0.15) is 5.69 Å². The van der Waals surface area contributed by atoms with Crippen LogP contribution in [0.4, 0.5) is 17.5 Å². The second-order valence-electron chi connectivity index (χ2n) is 6.01. The van der Waals surface area contributed by atoms with Gasteiger partial charge in [0.15, 0.2) is 5.82 Å². The van der Waals surface area contributed by atoms with Gasteiger partial charge in [0.25, 0.3) is 5.91 Å². The molecule has 1 aromatic carbocycles. The Hall–Kier alpha value is -4.07. The fraction of sp³-hybridized carbons (Fsp3) is 0.0500. The fourth-order valence-electron chi connectivity index (χ4n) is 2.69. The van der Waals surface area contributed by atoms with Crippen LogP contribution >= 0.6 is 0 Å². The van der Waals surface area contributed by atoms with Crippen molar-refractivity contribution in [2.45, 2.75) is 0 Å². The van der Waals surface area contributed by atoms with Gasteiger partial charge in [-0.25, -0.2) is 9.97 Å². The van der Waals surface area contributed by atoms with E-state index in [0.717, 1.165) is 11.1 Å².